The second kappa shape index (κ2) is 6.39. The number of rotatable bonds is 5. The van der Waals surface area contributed by atoms with Crippen LogP contribution in [0.25, 0.3) is 0 Å². The highest BCUT2D eigenvalue weighted by molar-refractivity contribution is 5.69. The third-order valence-corrected chi connectivity index (χ3v) is 3.34. The maximum atomic E-state index is 11.5. The lowest BCUT2D eigenvalue weighted by atomic mass is 9.94. The summed E-state index contributed by atoms with van der Waals surface area (Å²) >= 11 is 0. The van der Waals surface area contributed by atoms with E-state index in [1.54, 1.807) is 0 Å². The molecule has 3 nitrogen and oxygen atoms in total. The summed E-state index contributed by atoms with van der Waals surface area (Å²) in [5, 5.41) is 0. The molecule has 100 valence electrons. The monoisotopic (exact) mass is 241 g/mol. The van der Waals surface area contributed by atoms with Gasteiger partial charge < -0.3 is 10.5 Å². The van der Waals surface area contributed by atoms with E-state index < -0.39 is 0 Å². The van der Waals surface area contributed by atoms with Crippen LogP contribution in [0.5, 0.6) is 0 Å². The third-order valence-electron chi connectivity index (χ3n) is 3.34. The van der Waals surface area contributed by atoms with E-state index in [0.717, 1.165) is 12.8 Å². The largest absolute Gasteiger partial charge is 0.460 e. The van der Waals surface area contributed by atoms with Crippen LogP contribution in [0, 0.1) is 5.92 Å². The van der Waals surface area contributed by atoms with E-state index in [1.165, 1.54) is 25.7 Å². The van der Waals surface area contributed by atoms with Crippen molar-refractivity contribution in [1.82, 2.24) is 0 Å². The fourth-order valence-corrected chi connectivity index (χ4v) is 2.50. The molecule has 0 radical (unpaired) electrons. The second-order valence-electron chi connectivity index (χ2n) is 6.19. The van der Waals surface area contributed by atoms with Gasteiger partial charge >= 0.3 is 5.97 Å². The average Bonchev–Trinajstić information content (AvgIpc) is 2.66. The van der Waals surface area contributed by atoms with Gasteiger partial charge in [0.15, 0.2) is 0 Å². The molecule has 1 rings (SSSR count). The van der Waals surface area contributed by atoms with Gasteiger partial charge in [-0.1, -0.05) is 12.8 Å². The minimum atomic E-state index is -0.370. The Hall–Kier alpha value is -0.570. The van der Waals surface area contributed by atoms with Gasteiger partial charge in [0, 0.05) is 12.5 Å². The molecule has 1 fully saturated rings. The SMILES string of the molecule is CC(C)(C)OC(=O)CCCC(N)C1CCCC1. The molecule has 1 aliphatic carbocycles. The summed E-state index contributed by atoms with van der Waals surface area (Å²) in [6.45, 7) is 5.69. The standard InChI is InChI=1S/C14H27NO2/c1-14(2,3)17-13(16)10-6-9-12(15)11-7-4-5-8-11/h11-12H,4-10,15H2,1-3H3. The van der Waals surface area contributed by atoms with Crippen LogP contribution in [0.3, 0.4) is 0 Å². The maximum absolute atomic E-state index is 11.5. The van der Waals surface area contributed by atoms with Crippen molar-refractivity contribution in [2.75, 3.05) is 0 Å². The molecule has 0 aromatic carbocycles. The molecule has 1 unspecified atom stereocenters. The molecule has 0 heterocycles. The highest BCUT2D eigenvalue weighted by Crippen LogP contribution is 2.28. The van der Waals surface area contributed by atoms with Crippen LogP contribution in [0.15, 0.2) is 0 Å². The average molecular weight is 241 g/mol. The summed E-state index contributed by atoms with van der Waals surface area (Å²) in [7, 11) is 0. The van der Waals surface area contributed by atoms with Crippen molar-refractivity contribution >= 4 is 5.97 Å². The van der Waals surface area contributed by atoms with Crippen molar-refractivity contribution in [1.29, 1.82) is 0 Å². The molecular weight excluding hydrogens is 214 g/mol. The van der Waals surface area contributed by atoms with E-state index in [4.69, 9.17) is 10.5 Å². The van der Waals surface area contributed by atoms with Crippen molar-refractivity contribution in [3.8, 4) is 0 Å². The van der Waals surface area contributed by atoms with Crippen LogP contribution in [0.1, 0.15) is 65.7 Å². The Morgan fingerprint density at radius 1 is 1.35 bits per heavy atom. The summed E-state index contributed by atoms with van der Waals surface area (Å²) in [4.78, 5) is 11.5. The normalized spacial score (nSPS) is 19.3. The Balaban J connectivity index is 2.12. The first-order valence-corrected chi connectivity index (χ1v) is 6.86. The van der Waals surface area contributed by atoms with Gasteiger partial charge in [0.25, 0.3) is 0 Å². The predicted octanol–water partition coefficient (Wildman–Crippen LogP) is 3.02. The minimum Gasteiger partial charge on any atom is -0.460 e. The Bertz CT molecular complexity index is 239. The highest BCUT2D eigenvalue weighted by Gasteiger charge is 2.22. The van der Waals surface area contributed by atoms with Gasteiger partial charge in [-0.05, 0) is 52.4 Å². The van der Waals surface area contributed by atoms with Crippen molar-refractivity contribution in [2.45, 2.75) is 77.4 Å². The predicted molar refractivity (Wildman–Crippen MR) is 69.6 cm³/mol. The van der Waals surface area contributed by atoms with Crippen molar-refractivity contribution in [3.05, 3.63) is 0 Å². The maximum Gasteiger partial charge on any atom is 0.306 e. The van der Waals surface area contributed by atoms with Gasteiger partial charge in [0.2, 0.25) is 0 Å². The van der Waals surface area contributed by atoms with Crippen molar-refractivity contribution < 1.29 is 9.53 Å². The fraction of sp³-hybridized carbons (Fsp3) is 0.929. The van der Waals surface area contributed by atoms with Gasteiger partial charge in [-0.3, -0.25) is 4.79 Å². The first-order valence-electron chi connectivity index (χ1n) is 6.86. The zero-order valence-corrected chi connectivity index (χ0v) is 11.5. The number of carbonyl (C=O) groups is 1. The molecule has 0 spiro atoms. The van der Waals surface area contributed by atoms with Crippen LogP contribution >= 0.6 is 0 Å². The second-order valence-corrected chi connectivity index (χ2v) is 6.19. The van der Waals surface area contributed by atoms with Crippen LogP contribution < -0.4 is 5.73 Å². The lowest BCUT2D eigenvalue weighted by Crippen LogP contribution is -2.29. The van der Waals surface area contributed by atoms with Gasteiger partial charge in [-0.2, -0.15) is 0 Å². The summed E-state index contributed by atoms with van der Waals surface area (Å²) in [6.07, 6.45) is 7.49. The topological polar surface area (TPSA) is 52.3 Å². The van der Waals surface area contributed by atoms with Crippen LogP contribution in [-0.2, 0) is 9.53 Å². The van der Waals surface area contributed by atoms with E-state index in [2.05, 4.69) is 0 Å². The molecule has 3 heteroatoms. The zero-order valence-electron chi connectivity index (χ0n) is 11.5. The molecule has 0 amide bonds. The van der Waals surface area contributed by atoms with Crippen LogP contribution in [0.2, 0.25) is 0 Å². The Morgan fingerprint density at radius 2 is 1.94 bits per heavy atom. The van der Waals surface area contributed by atoms with E-state index >= 15 is 0 Å². The Kier molecular flexibility index (Phi) is 5.44. The Labute approximate surface area is 105 Å². The number of esters is 1. The molecule has 17 heavy (non-hydrogen) atoms. The van der Waals surface area contributed by atoms with Gasteiger partial charge in [-0.15, -0.1) is 0 Å². The Morgan fingerprint density at radius 3 is 2.47 bits per heavy atom. The lowest BCUT2D eigenvalue weighted by molar-refractivity contribution is -0.154. The number of carbonyl (C=O) groups excluding carboxylic acids is 1. The van der Waals surface area contributed by atoms with E-state index in [-0.39, 0.29) is 17.6 Å². The van der Waals surface area contributed by atoms with Gasteiger partial charge in [-0.25, -0.2) is 0 Å². The van der Waals surface area contributed by atoms with E-state index in [1.807, 2.05) is 20.8 Å². The quantitative estimate of drug-likeness (QED) is 0.753. The first-order chi connectivity index (χ1) is 7.88. The van der Waals surface area contributed by atoms with E-state index in [9.17, 15) is 4.79 Å². The number of hydrogen-bond acceptors (Lipinski definition) is 3. The molecule has 1 atom stereocenters. The number of ether oxygens (including phenoxy) is 1. The van der Waals surface area contributed by atoms with Crippen molar-refractivity contribution in [2.24, 2.45) is 11.7 Å². The first kappa shape index (κ1) is 14.5. The summed E-state index contributed by atoms with van der Waals surface area (Å²) < 4.78 is 5.27. The minimum absolute atomic E-state index is 0.101. The molecule has 0 aromatic rings. The zero-order chi connectivity index (χ0) is 12.9. The number of nitrogens with two attached hydrogens (primary N) is 1. The summed E-state index contributed by atoms with van der Waals surface area (Å²) in [5.74, 6) is 0.588. The molecule has 0 aliphatic heterocycles. The smallest absolute Gasteiger partial charge is 0.306 e. The molecule has 0 bridgehead atoms. The molecule has 1 saturated carbocycles. The van der Waals surface area contributed by atoms with E-state index in [0.29, 0.717) is 12.3 Å². The van der Waals surface area contributed by atoms with Crippen LogP contribution in [-0.4, -0.2) is 17.6 Å². The molecule has 0 saturated heterocycles. The van der Waals surface area contributed by atoms with Gasteiger partial charge in [0.05, 0.1) is 0 Å². The number of hydrogen-bond donors (Lipinski definition) is 1. The lowest BCUT2D eigenvalue weighted by Gasteiger charge is -2.21. The summed E-state index contributed by atoms with van der Waals surface area (Å²) in [5.41, 5.74) is 5.77. The fourth-order valence-electron chi connectivity index (χ4n) is 2.50. The highest BCUT2D eigenvalue weighted by atomic mass is 16.6. The molecule has 2 N–H and O–H groups in total. The molecular formula is C14H27NO2. The third kappa shape index (κ3) is 6.06. The molecule has 1 aliphatic rings. The van der Waals surface area contributed by atoms with Crippen LogP contribution in [0.4, 0.5) is 0 Å². The summed E-state index contributed by atoms with van der Waals surface area (Å²) in [6, 6.07) is 0.278. The molecule has 0 aromatic heterocycles. The van der Waals surface area contributed by atoms with Gasteiger partial charge in [0.1, 0.15) is 5.60 Å². The van der Waals surface area contributed by atoms with Crippen molar-refractivity contribution in [3.63, 3.8) is 0 Å².